The minimum Gasteiger partial charge on any atom is -0.450 e. The molecular weight excluding hydrogens is 404 g/mol. The van der Waals surface area contributed by atoms with E-state index in [2.05, 4.69) is 9.88 Å². The van der Waals surface area contributed by atoms with Crippen molar-refractivity contribution in [3.63, 3.8) is 0 Å². The highest BCUT2D eigenvalue weighted by atomic mass is 32.1. The number of piperazine rings is 1. The molecule has 8 nitrogen and oxygen atoms in total. The van der Waals surface area contributed by atoms with Gasteiger partial charge in [-0.1, -0.05) is 6.07 Å². The van der Waals surface area contributed by atoms with Gasteiger partial charge in [0.2, 0.25) is 0 Å². The van der Waals surface area contributed by atoms with E-state index in [1.54, 1.807) is 18.0 Å². The van der Waals surface area contributed by atoms with Gasteiger partial charge in [0.15, 0.2) is 0 Å². The topological polar surface area (TPSA) is 75.2 Å². The largest absolute Gasteiger partial charge is 0.450 e. The van der Waals surface area contributed by atoms with E-state index in [1.807, 2.05) is 29.3 Å². The molecule has 0 aromatic carbocycles. The number of amides is 2. The Kier molecular flexibility index (Phi) is 6.49. The van der Waals surface area contributed by atoms with Gasteiger partial charge in [0.25, 0.3) is 5.91 Å². The van der Waals surface area contributed by atoms with E-state index in [9.17, 15) is 9.59 Å². The quantitative estimate of drug-likeness (QED) is 0.742. The van der Waals surface area contributed by atoms with Crippen LogP contribution in [0.25, 0.3) is 11.1 Å². The van der Waals surface area contributed by atoms with E-state index in [4.69, 9.17) is 9.47 Å². The summed E-state index contributed by atoms with van der Waals surface area (Å²) in [6.07, 6.45) is 3.27. The van der Waals surface area contributed by atoms with Crippen LogP contribution >= 0.6 is 11.3 Å². The molecule has 30 heavy (non-hydrogen) atoms. The minimum absolute atomic E-state index is 0.00755. The average Bonchev–Trinajstić information content (AvgIpc) is 3.25. The first-order valence-corrected chi connectivity index (χ1v) is 11.1. The van der Waals surface area contributed by atoms with Gasteiger partial charge in [-0.25, -0.2) is 4.79 Å². The minimum atomic E-state index is -0.311. The maximum Gasteiger partial charge on any atom is 0.409 e. The summed E-state index contributed by atoms with van der Waals surface area (Å²) in [4.78, 5) is 35.8. The molecule has 0 unspecified atom stereocenters. The van der Waals surface area contributed by atoms with E-state index in [0.29, 0.717) is 50.9 Å². The van der Waals surface area contributed by atoms with Crippen molar-refractivity contribution in [3.8, 4) is 11.1 Å². The molecule has 0 spiro atoms. The number of ether oxygens (including phenoxy) is 2. The third-order valence-corrected chi connectivity index (χ3v) is 6.47. The van der Waals surface area contributed by atoms with Crippen molar-refractivity contribution in [1.82, 2.24) is 14.8 Å². The van der Waals surface area contributed by atoms with Crippen LogP contribution in [0.4, 0.5) is 9.80 Å². The first-order valence-electron chi connectivity index (χ1n) is 10.2. The molecule has 9 heteroatoms. The lowest BCUT2D eigenvalue weighted by Crippen LogP contribution is -2.50. The smallest absolute Gasteiger partial charge is 0.409 e. The number of anilines is 1. The summed E-state index contributed by atoms with van der Waals surface area (Å²) >= 11 is 1.52. The van der Waals surface area contributed by atoms with Gasteiger partial charge in [-0.05, 0) is 19.1 Å². The summed E-state index contributed by atoms with van der Waals surface area (Å²) in [6, 6.07) is 5.91. The Bertz CT molecular complexity index is 874. The first-order chi connectivity index (χ1) is 14.7. The Morgan fingerprint density at radius 1 is 1.13 bits per heavy atom. The van der Waals surface area contributed by atoms with E-state index in [0.717, 1.165) is 29.2 Å². The molecule has 4 heterocycles. The van der Waals surface area contributed by atoms with Crippen molar-refractivity contribution in [2.24, 2.45) is 0 Å². The van der Waals surface area contributed by atoms with Gasteiger partial charge in [0.1, 0.15) is 0 Å². The average molecular weight is 431 g/mol. The number of pyridine rings is 1. The number of hydrogen-bond donors (Lipinski definition) is 0. The van der Waals surface area contributed by atoms with Gasteiger partial charge >= 0.3 is 6.09 Å². The maximum atomic E-state index is 13.2. The van der Waals surface area contributed by atoms with E-state index >= 15 is 0 Å². The Balaban J connectivity index is 1.53. The van der Waals surface area contributed by atoms with Crippen LogP contribution in [-0.2, 0) is 9.47 Å². The molecule has 2 saturated heterocycles. The normalized spacial score (nSPS) is 17.2. The molecule has 0 N–H and O–H groups in total. The number of rotatable bonds is 4. The van der Waals surface area contributed by atoms with Gasteiger partial charge < -0.3 is 24.2 Å². The molecule has 4 rings (SSSR count). The Labute approximate surface area is 180 Å². The number of thiophene rings is 1. The van der Waals surface area contributed by atoms with Crippen molar-refractivity contribution >= 4 is 28.3 Å². The molecule has 2 aliphatic heterocycles. The SMILES string of the molecule is CCOC(=O)N1CCN(C(=O)c2cc(-c3cccnc3)c(N3CCOCC3)s2)CC1. The predicted molar refractivity (Wildman–Crippen MR) is 115 cm³/mol. The van der Waals surface area contributed by atoms with Gasteiger partial charge in [0, 0.05) is 62.8 Å². The second-order valence-electron chi connectivity index (χ2n) is 7.15. The number of aromatic nitrogens is 1. The summed E-state index contributed by atoms with van der Waals surface area (Å²) in [5.41, 5.74) is 2.03. The van der Waals surface area contributed by atoms with Crippen LogP contribution in [0.2, 0.25) is 0 Å². The highest BCUT2D eigenvalue weighted by molar-refractivity contribution is 7.18. The molecule has 2 aromatic heterocycles. The van der Waals surface area contributed by atoms with Crippen molar-refractivity contribution in [2.75, 3.05) is 64.0 Å². The fourth-order valence-electron chi connectivity index (χ4n) is 3.68. The zero-order chi connectivity index (χ0) is 20.9. The first kappa shape index (κ1) is 20.6. The molecule has 2 amide bonds. The molecule has 0 aliphatic carbocycles. The van der Waals surface area contributed by atoms with E-state index in [1.165, 1.54) is 11.3 Å². The van der Waals surface area contributed by atoms with Gasteiger partial charge in [-0.2, -0.15) is 0 Å². The molecule has 2 fully saturated rings. The highest BCUT2D eigenvalue weighted by Gasteiger charge is 2.28. The standard InChI is InChI=1S/C21H26N4O4S/c1-2-29-21(27)25-8-6-23(7-9-25)19(26)18-14-17(16-4-3-5-22-15-16)20(30-18)24-10-12-28-13-11-24/h3-5,14-15H,2,6-13H2,1H3. The van der Waals surface area contributed by atoms with Crippen LogP contribution in [0.1, 0.15) is 16.6 Å². The van der Waals surface area contributed by atoms with Crippen molar-refractivity contribution in [1.29, 1.82) is 0 Å². The molecule has 160 valence electrons. The number of hydrogen-bond acceptors (Lipinski definition) is 7. The third-order valence-electron chi connectivity index (χ3n) is 5.29. The fourth-order valence-corrected chi connectivity index (χ4v) is 4.88. The lowest BCUT2D eigenvalue weighted by Gasteiger charge is -2.33. The van der Waals surface area contributed by atoms with Crippen molar-refractivity contribution in [3.05, 3.63) is 35.5 Å². The molecule has 2 aliphatic rings. The number of nitrogens with zero attached hydrogens (tertiary/aromatic N) is 4. The van der Waals surface area contributed by atoms with Crippen LogP contribution in [0, 0.1) is 0 Å². The lowest BCUT2D eigenvalue weighted by atomic mass is 10.1. The van der Waals surface area contributed by atoms with Gasteiger partial charge in [-0.3, -0.25) is 9.78 Å². The Morgan fingerprint density at radius 2 is 1.87 bits per heavy atom. The van der Waals surface area contributed by atoms with Crippen LogP contribution in [0.3, 0.4) is 0 Å². The molecular formula is C21H26N4O4S. The maximum absolute atomic E-state index is 13.2. The molecule has 2 aromatic rings. The molecule has 0 atom stereocenters. The number of morpholine rings is 1. The summed E-state index contributed by atoms with van der Waals surface area (Å²) < 4.78 is 10.6. The molecule has 0 radical (unpaired) electrons. The van der Waals surface area contributed by atoms with Crippen LogP contribution in [-0.4, -0.2) is 85.9 Å². The third kappa shape index (κ3) is 4.41. The summed E-state index contributed by atoms with van der Waals surface area (Å²) in [5.74, 6) is 0.00755. The van der Waals surface area contributed by atoms with E-state index in [-0.39, 0.29) is 12.0 Å². The van der Waals surface area contributed by atoms with Crippen LogP contribution in [0.5, 0.6) is 0 Å². The van der Waals surface area contributed by atoms with Gasteiger partial charge in [0.05, 0.1) is 29.7 Å². The zero-order valence-corrected chi connectivity index (χ0v) is 17.9. The highest BCUT2D eigenvalue weighted by Crippen LogP contribution is 2.39. The van der Waals surface area contributed by atoms with Crippen LogP contribution < -0.4 is 4.90 Å². The monoisotopic (exact) mass is 430 g/mol. The summed E-state index contributed by atoms with van der Waals surface area (Å²) in [5, 5.41) is 1.08. The van der Waals surface area contributed by atoms with E-state index < -0.39 is 0 Å². The molecule has 0 bridgehead atoms. The van der Waals surface area contributed by atoms with Crippen molar-refractivity contribution in [2.45, 2.75) is 6.92 Å². The predicted octanol–water partition coefficient (Wildman–Crippen LogP) is 2.56. The second kappa shape index (κ2) is 9.44. The summed E-state index contributed by atoms with van der Waals surface area (Å²) in [7, 11) is 0. The number of carbonyl (C=O) groups is 2. The summed E-state index contributed by atoms with van der Waals surface area (Å²) in [6.45, 7) is 7.11. The van der Waals surface area contributed by atoms with Crippen LogP contribution in [0.15, 0.2) is 30.6 Å². The second-order valence-corrected chi connectivity index (χ2v) is 8.18. The Hall–Kier alpha value is -2.65. The number of carbonyl (C=O) groups excluding carboxylic acids is 2. The fraction of sp³-hybridized carbons (Fsp3) is 0.476. The zero-order valence-electron chi connectivity index (χ0n) is 17.1. The van der Waals surface area contributed by atoms with Crippen molar-refractivity contribution < 1.29 is 19.1 Å². The molecule has 0 saturated carbocycles. The van der Waals surface area contributed by atoms with Gasteiger partial charge in [-0.15, -0.1) is 11.3 Å². The lowest BCUT2D eigenvalue weighted by molar-refractivity contribution is 0.0574. The Morgan fingerprint density at radius 3 is 2.53 bits per heavy atom.